The van der Waals surface area contributed by atoms with Crippen molar-refractivity contribution in [3.63, 3.8) is 0 Å². The van der Waals surface area contributed by atoms with E-state index in [0.29, 0.717) is 5.75 Å². The summed E-state index contributed by atoms with van der Waals surface area (Å²) in [4.78, 5) is 4.12. The minimum absolute atomic E-state index is 0.383. The summed E-state index contributed by atoms with van der Waals surface area (Å²) in [6, 6.07) is 3.37. The van der Waals surface area contributed by atoms with Crippen LogP contribution in [0.2, 0.25) is 0 Å². The number of hydrogen-bond acceptors (Lipinski definition) is 4. The average molecular weight is 192 g/mol. The molecule has 0 saturated heterocycles. The van der Waals surface area contributed by atoms with Crippen molar-refractivity contribution in [3.8, 4) is 5.75 Å². The Morgan fingerprint density at radius 1 is 1.43 bits per heavy atom. The molecule has 0 spiro atoms. The number of pyridine rings is 1. The molecule has 0 aliphatic rings. The molecule has 2 aromatic rings. The molecule has 0 aliphatic heterocycles. The van der Waals surface area contributed by atoms with Crippen LogP contribution in [0, 0.1) is 6.92 Å². The molecular weight excluding hydrogens is 183 g/mol. The third-order valence-corrected chi connectivity index (χ3v) is 1.90. The average Bonchev–Trinajstić information content (AvgIpc) is 2.47. The maximum atomic E-state index is 8.61. The van der Waals surface area contributed by atoms with Crippen LogP contribution >= 0.6 is 0 Å². The molecule has 0 aliphatic carbocycles. The monoisotopic (exact) mass is 192 g/mol. The summed E-state index contributed by atoms with van der Waals surface area (Å²) < 4.78 is 6.51. The minimum atomic E-state index is -1.80. The number of hydrogen-bond donors (Lipinski definition) is 2. The molecule has 0 saturated carbocycles. The summed E-state index contributed by atoms with van der Waals surface area (Å²) in [5.41, 5.74) is 1.75. The van der Waals surface area contributed by atoms with E-state index in [9.17, 15) is 0 Å². The van der Waals surface area contributed by atoms with Gasteiger partial charge in [0.15, 0.2) is 0 Å². The Morgan fingerprint density at radius 2 is 2.21 bits per heavy atom. The van der Waals surface area contributed by atoms with Crippen molar-refractivity contribution in [1.29, 1.82) is 0 Å². The summed E-state index contributed by atoms with van der Waals surface area (Å²) in [7, 11) is -1.80. The molecule has 0 radical (unpaired) electrons. The molecule has 6 heteroatoms. The van der Waals surface area contributed by atoms with Gasteiger partial charge in [0, 0.05) is 11.9 Å². The van der Waals surface area contributed by atoms with Gasteiger partial charge in [0.05, 0.1) is 6.20 Å². The van der Waals surface area contributed by atoms with Crippen molar-refractivity contribution in [3.05, 3.63) is 30.2 Å². The van der Waals surface area contributed by atoms with Crippen molar-refractivity contribution in [2.75, 3.05) is 0 Å². The van der Waals surface area contributed by atoms with Crippen LogP contribution in [0.4, 0.5) is 0 Å². The van der Waals surface area contributed by atoms with Crippen LogP contribution in [0.15, 0.2) is 24.5 Å². The van der Waals surface area contributed by atoms with Crippen molar-refractivity contribution >= 4 is 13.0 Å². The Morgan fingerprint density at radius 3 is 2.93 bits per heavy atom. The number of rotatable bonds is 2. The van der Waals surface area contributed by atoms with Gasteiger partial charge in [0.1, 0.15) is 11.4 Å². The van der Waals surface area contributed by atoms with Crippen molar-refractivity contribution in [2.24, 2.45) is 0 Å². The van der Waals surface area contributed by atoms with Crippen molar-refractivity contribution in [2.45, 2.75) is 6.92 Å². The van der Waals surface area contributed by atoms with E-state index in [1.165, 1.54) is 0 Å². The highest BCUT2D eigenvalue weighted by Crippen LogP contribution is 2.14. The molecule has 14 heavy (non-hydrogen) atoms. The highest BCUT2D eigenvalue weighted by molar-refractivity contribution is 6.33. The molecule has 2 heterocycles. The van der Waals surface area contributed by atoms with Crippen LogP contribution in [-0.2, 0) is 0 Å². The van der Waals surface area contributed by atoms with Crippen molar-refractivity contribution < 1.29 is 14.7 Å². The van der Waals surface area contributed by atoms with E-state index in [0.717, 1.165) is 11.3 Å². The predicted octanol–water partition coefficient (Wildman–Crippen LogP) is -0.00898. The highest BCUT2D eigenvalue weighted by Gasteiger charge is 2.11. The number of fused-ring (bicyclic) bond motifs is 1. The number of nitrogens with zero attached hydrogens (tertiary/aromatic N) is 2. The molecule has 2 N–H and O–H groups in total. The fraction of sp³-hybridized carbons (Fsp3) is 0.125. The van der Waals surface area contributed by atoms with Crippen LogP contribution in [0.25, 0.3) is 5.65 Å². The Bertz CT molecular complexity index is 455. The zero-order chi connectivity index (χ0) is 10.1. The molecule has 2 aromatic heterocycles. The Balaban J connectivity index is 2.44. The second kappa shape index (κ2) is 3.32. The van der Waals surface area contributed by atoms with Gasteiger partial charge in [-0.3, -0.25) is 0 Å². The third-order valence-electron chi connectivity index (χ3n) is 1.90. The fourth-order valence-corrected chi connectivity index (χ4v) is 1.27. The summed E-state index contributed by atoms with van der Waals surface area (Å²) in [5.74, 6) is 0.383. The van der Waals surface area contributed by atoms with Gasteiger partial charge in [-0.1, -0.05) is 0 Å². The maximum Gasteiger partial charge on any atom is 0.707 e. The molecule has 5 nitrogen and oxygen atoms in total. The SMILES string of the molecule is Cc1cnc2ccc(OB(O)O)cn12. The molecule has 0 fully saturated rings. The third kappa shape index (κ3) is 1.57. The minimum Gasteiger partial charge on any atom is -0.511 e. The molecule has 0 unspecified atom stereocenters. The van der Waals surface area contributed by atoms with Gasteiger partial charge in [0.25, 0.3) is 0 Å². The molecule has 0 atom stereocenters. The van der Waals surface area contributed by atoms with E-state index in [1.807, 2.05) is 6.92 Å². The molecular formula is C8H9BN2O3. The van der Waals surface area contributed by atoms with Gasteiger partial charge in [-0.2, -0.15) is 0 Å². The fourth-order valence-electron chi connectivity index (χ4n) is 1.27. The Labute approximate surface area is 80.8 Å². The van der Waals surface area contributed by atoms with Crippen molar-refractivity contribution in [1.82, 2.24) is 9.38 Å². The van der Waals surface area contributed by atoms with E-state index >= 15 is 0 Å². The summed E-state index contributed by atoms with van der Waals surface area (Å²) >= 11 is 0. The normalized spacial score (nSPS) is 10.5. The first-order valence-electron chi connectivity index (χ1n) is 4.13. The molecule has 72 valence electrons. The largest absolute Gasteiger partial charge is 0.707 e. The van der Waals surface area contributed by atoms with Crippen LogP contribution in [0.3, 0.4) is 0 Å². The van der Waals surface area contributed by atoms with Gasteiger partial charge in [-0.25, -0.2) is 4.98 Å². The van der Waals surface area contributed by atoms with Crippen LogP contribution in [0.1, 0.15) is 5.69 Å². The lowest BCUT2D eigenvalue weighted by Crippen LogP contribution is -2.20. The van der Waals surface area contributed by atoms with Crippen LogP contribution in [-0.4, -0.2) is 26.8 Å². The second-order valence-corrected chi connectivity index (χ2v) is 2.94. The van der Waals surface area contributed by atoms with Crippen LogP contribution in [0.5, 0.6) is 5.75 Å². The standard InChI is InChI=1S/C8H9BN2O3/c1-6-4-10-8-3-2-7(5-11(6)8)14-9(12)13/h2-5,12-13H,1H3. The van der Waals surface area contributed by atoms with E-state index in [1.54, 1.807) is 28.9 Å². The smallest absolute Gasteiger partial charge is 0.511 e. The number of aromatic nitrogens is 2. The Kier molecular flexibility index (Phi) is 2.15. The first kappa shape index (κ1) is 9.05. The molecule has 0 aromatic carbocycles. The zero-order valence-electron chi connectivity index (χ0n) is 7.58. The second-order valence-electron chi connectivity index (χ2n) is 2.94. The van der Waals surface area contributed by atoms with E-state index < -0.39 is 7.32 Å². The molecule has 0 bridgehead atoms. The number of aryl methyl sites for hydroxylation is 1. The van der Waals surface area contributed by atoms with Crippen LogP contribution < -0.4 is 4.65 Å². The molecule has 2 rings (SSSR count). The maximum absolute atomic E-state index is 8.61. The number of imidazole rings is 1. The molecule has 0 amide bonds. The van der Waals surface area contributed by atoms with E-state index in [4.69, 9.17) is 14.7 Å². The predicted molar refractivity (Wildman–Crippen MR) is 50.7 cm³/mol. The first-order valence-corrected chi connectivity index (χ1v) is 4.13. The highest BCUT2D eigenvalue weighted by atomic mass is 16.6. The Hall–Kier alpha value is -1.53. The summed E-state index contributed by atoms with van der Waals surface area (Å²) in [5, 5.41) is 17.2. The quantitative estimate of drug-likeness (QED) is 0.656. The topological polar surface area (TPSA) is 67.0 Å². The summed E-state index contributed by atoms with van der Waals surface area (Å²) in [6.45, 7) is 1.90. The van der Waals surface area contributed by atoms with Gasteiger partial charge >= 0.3 is 7.32 Å². The van der Waals surface area contributed by atoms with E-state index in [-0.39, 0.29) is 0 Å². The first-order chi connectivity index (χ1) is 6.66. The lowest BCUT2D eigenvalue weighted by Gasteiger charge is -2.05. The van der Waals surface area contributed by atoms with Gasteiger partial charge in [-0.05, 0) is 19.1 Å². The van der Waals surface area contributed by atoms with Gasteiger partial charge < -0.3 is 19.1 Å². The van der Waals surface area contributed by atoms with Gasteiger partial charge in [0.2, 0.25) is 0 Å². The lowest BCUT2D eigenvalue weighted by molar-refractivity contribution is 0.287. The van der Waals surface area contributed by atoms with Gasteiger partial charge in [-0.15, -0.1) is 0 Å². The zero-order valence-corrected chi connectivity index (χ0v) is 7.58. The van der Waals surface area contributed by atoms with E-state index in [2.05, 4.69) is 4.98 Å². The lowest BCUT2D eigenvalue weighted by atomic mass is 10.2. The summed E-state index contributed by atoms with van der Waals surface area (Å²) in [6.07, 6.45) is 3.38.